The van der Waals surface area contributed by atoms with Crippen LogP contribution in [0.1, 0.15) is 5.69 Å². The van der Waals surface area contributed by atoms with Gasteiger partial charge in [0.2, 0.25) is 0 Å². The molecule has 0 bridgehead atoms. The second kappa shape index (κ2) is 5.48. The number of nitrogens with one attached hydrogen (secondary N) is 1. The highest BCUT2D eigenvalue weighted by Gasteiger charge is 2.03. The third-order valence-electron chi connectivity index (χ3n) is 2.48. The number of aromatic nitrogens is 2. The van der Waals surface area contributed by atoms with Crippen molar-refractivity contribution >= 4 is 5.69 Å². The second-order valence-electron chi connectivity index (χ2n) is 3.70. The number of ether oxygens (including phenoxy) is 1. The highest BCUT2D eigenvalue weighted by atomic mass is 19.3. The lowest BCUT2D eigenvalue weighted by molar-refractivity contribution is -0.0498. The number of hydrogen-bond acceptors (Lipinski definition) is 3. The molecule has 0 aliphatic heterocycles. The molecule has 0 saturated heterocycles. The summed E-state index contributed by atoms with van der Waals surface area (Å²) in [4.78, 5) is 0. The molecule has 0 fully saturated rings. The molecule has 0 atom stereocenters. The lowest BCUT2D eigenvalue weighted by Gasteiger charge is -2.08. The molecule has 6 heteroatoms. The van der Waals surface area contributed by atoms with E-state index in [0.29, 0.717) is 6.54 Å². The Labute approximate surface area is 103 Å². The first-order valence-corrected chi connectivity index (χ1v) is 5.41. The smallest absolute Gasteiger partial charge is 0.387 e. The minimum atomic E-state index is -2.79. The van der Waals surface area contributed by atoms with Gasteiger partial charge in [-0.1, -0.05) is 0 Å². The van der Waals surface area contributed by atoms with E-state index in [1.165, 1.54) is 12.1 Å². The Morgan fingerprint density at radius 1 is 1.28 bits per heavy atom. The van der Waals surface area contributed by atoms with Crippen molar-refractivity contribution in [2.75, 3.05) is 5.32 Å². The number of benzene rings is 1. The molecule has 1 aromatic carbocycles. The monoisotopic (exact) mass is 253 g/mol. The minimum absolute atomic E-state index is 0.149. The van der Waals surface area contributed by atoms with Crippen LogP contribution in [0.4, 0.5) is 14.5 Å². The number of nitrogens with zero attached hydrogens (tertiary/aromatic N) is 2. The summed E-state index contributed by atoms with van der Waals surface area (Å²) in [6, 6.07) is 8.28. The fraction of sp³-hybridized carbons (Fsp3) is 0.250. The summed E-state index contributed by atoms with van der Waals surface area (Å²) in [6.45, 7) is -2.18. The Morgan fingerprint density at radius 2 is 2.00 bits per heavy atom. The summed E-state index contributed by atoms with van der Waals surface area (Å²) in [7, 11) is 1.86. The average molecular weight is 253 g/mol. The largest absolute Gasteiger partial charge is 0.435 e. The maximum Gasteiger partial charge on any atom is 0.387 e. The van der Waals surface area contributed by atoms with E-state index in [0.717, 1.165) is 11.4 Å². The lowest BCUT2D eigenvalue weighted by Crippen LogP contribution is -2.05. The van der Waals surface area contributed by atoms with Gasteiger partial charge in [0, 0.05) is 18.9 Å². The molecule has 0 aliphatic rings. The standard InChI is InChI=1S/C12H13F2N3O/c1-17-10(6-7-16-17)8-15-9-2-4-11(5-3-9)18-12(13)14/h2-7,12,15H,8H2,1H3. The quantitative estimate of drug-likeness (QED) is 0.890. The Balaban J connectivity index is 1.92. The van der Waals surface area contributed by atoms with Gasteiger partial charge in [-0.3, -0.25) is 4.68 Å². The van der Waals surface area contributed by atoms with Gasteiger partial charge in [0.25, 0.3) is 0 Å². The van der Waals surface area contributed by atoms with Crippen LogP contribution in [0, 0.1) is 0 Å². The molecule has 2 rings (SSSR count). The fourth-order valence-electron chi connectivity index (χ4n) is 1.52. The van der Waals surface area contributed by atoms with Crippen molar-refractivity contribution in [3.8, 4) is 5.75 Å². The summed E-state index contributed by atoms with van der Waals surface area (Å²) >= 11 is 0. The van der Waals surface area contributed by atoms with Crippen LogP contribution in [0.15, 0.2) is 36.5 Å². The molecule has 0 unspecified atom stereocenters. The predicted octanol–water partition coefficient (Wildman–Crippen LogP) is 2.63. The molecule has 1 N–H and O–H groups in total. The minimum Gasteiger partial charge on any atom is -0.435 e. The van der Waals surface area contributed by atoms with E-state index in [-0.39, 0.29) is 5.75 Å². The molecule has 1 aromatic heterocycles. The molecular weight excluding hydrogens is 240 g/mol. The van der Waals surface area contributed by atoms with E-state index >= 15 is 0 Å². The van der Waals surface area contributed by atoms with E-state index in [9.17, 15) is 8.78 Å². The Morgan fingerprint density at radius 3 is 2.56 bits per heavy atom. The van der Waals surface area contributed by atoms with Gasteiger partial charge in [-0.2, -0.15) is 13.9 Å². The zero-order valence-corrected chi connectivity index (χ0v) is 9.81. The van der Waals surface area contributed by atoms with Crippen LogP contribution in [0.3, 0.4) is 0 Å². The van der Waals surface area contributed by atoms with Crippen molar-refractivity contribution in [3.63, 3.8) is 0 Å². The van der Waals surface area contributed by atoms with E-state index in [1.807, 2.05) is 13.1 Å². The molecule has 0 aliphatic carbocycles. The number of halogens is 2. The predicted molar refractivity (Wildman–Crippen MR) is 63.6 cm³/mol. The first kappa shape index (κ1) is 12.3. The Kier molecular flexibility index (Phi) is 3.76. The second-order valence-corrected chi connectivity index (χ2v) is 3.70. The maximum absolute atomic E-state index is 12.0. The van der Waals surface area contributed by atoms with Crippen molar-refractivity contribution in [1.29, 1.82) is 0 Å². The SMILES string of the molecule is Cn1nccc1CNc1ccc(OC(F)F)cc1. The number of rotatable bonds is 5. The third kappa shape index (κ3) is 3.19. The van der Waals surface area contributed by atoms with Crippen LogP contribution in [0.2, 0.25) is 0 Å². The molecule has 96 valence electrons. The van der Waals surface area contributed by atoms with Crippen molar-refractivity contribution < 1.29 is 13.5 Å². The number of aryl methyl sites for hydroxylation is 1. The first-order valence-electron chi connectivity index (χ1n) is 5.41. The highest BCUT2D eigenvalue weighted by molar-refractivity contribution is 5.46. The molecule has 4 nitrogen and oxygen atoms in total. The zero-order chi connectivity index (χ0) is 13.0. The van der Waals surface area contributed by atoms with Gasteiger partial charge in [0.15, 0.2) is 0 Å². The number of alkyl halides is 2. The molecule has 0 saturated carbocycles. The van der Waals surface area contributed by atoms with Crippen LogP contribution < -0.4 is 10.1 Å². The molecule has 1 heterocycles. The zero-order valence-electron chi connectivity index (χ0n) is 9.81. The molecular formula is C12H13F2N3O. The number of hydrogen-bond donors (Lipinski definition) is 1. The summed E-state index contributed by atoms with van der Waals surface area (Å²) in [6.07, 6.45) is 1.72. The molecule has 0 amide bonds. The van der Waals surface area contributed by atoms with Crippen LogP contribution in [-0.2, 0) is 13.6 Å². The van der Waals surface area contributed by atoms with Crippen LogP contribution >= 0.6 is 0 Å². The summed E-state index contributed by atoms with van der Waals surface area (Å²) in [5, 5.41) is 7.21. The van der Waals surface area contributed by atoms with E-state index < -0.39 is 6.61 Å². The number of anilines is 1. The topological polar surface area (TPSA) is 39.1 Å². The fourth-order valence-corrected chi connectivity index (χ4v) is 1.52. The van der Waals surface area contributed by atoms with Gasteiger partial charge < -0.3 is 10.1 Å². The molecule has 18 heavy (non-hydrogen) atoms. The van der Waals surface area contributed by atoms with Gasteiger partial charge in [-0.25, -0.2) is 0 Å². The van der Waals surface area contributed by atoms with Crippen LogP contribution in [0.5, 0.6) is 5.75 Å². The van der Waals surface area contributed by atoms with E-state index in [1.54, 1.807) is 23.0 Å². The third-order valence-corrected chi connectivity index (χ3v) is 2.48. The van der Waals surface area contributed by atoms with Gasteiger partial charge in [0.05, 0.1) is 12.2 Å². The molecule has 2 aromatic rings. The lowest BCUT2D eigenvalue weighted by atomic mass is 10.3. The van der Waals surface area contributed by atoms with Crippen molar-refractivity contribution in [2.24, 2.45) is 7.05 Å². The Bertz CT molecular complexity index is 496. The van der Waals surface area contributed by atoms with Crippen LogP contribution in [0.25, 0.3) is 0 Å². The van der Waals surface area contributed by atoms with Crippen molar-refractivity contribution in [1.82, 2.24) is 9.78 Å². The van der Waals surface area contributed by atoms with Gasteiger partial charge in [0.1, 0.15) is 5.75 Å². The van der Waals surface area contributed by atoms with E-state index in [2.05, 4.69) is 15.2 Å². The first-order chi connectivity index (χ1) is 8.65. The van der Waals surface area contributed by atoms with Crippen molar-refractivity contribution in [2.45, 2.75) is 13.2 Å². The molecule has 0 spiro atoms. The van der Waals surface area contributed by atoms with E-state index in [4.69, 9.17) is 0 Å². The Hall–Kier alpha value is -2.11. The average Bonchev–Trinajstić information content (AvgIpc) is 2.73. The molecule has 0 radical (unpaired) electrons. The van der Waals surface area contributed by atoms with Gasteiger partial charge in [-0.15, -0.1) is 0 Å². The highest BCUT2D eigenvalue weighted by Crippen LogP contribution is 2.18. The normalized spacial score (nSPS) is 10.7. The van der Waals surface area contributed by atoms with Gasteiger partial charge in [-0.05, 0) is 30.3 Å². The van der Waals surface area contributed by atoms with Crippen molar-refractivity contribution in [3.05, 3.63) is 42.2 Å². The summed E-state index contributed by atoms with van der Waals surface area (Å²) in [5.41, 5.74) is 1.86. The maximum atomic E-state index is 12.0. The summed E-state index contributed by atoms with van der Waals surface area (Å²) in [5.74, 6) is 0.149. The summed E-state index contributed by atoms with van der Waals surface area (Å²) < 4.78 is 29.9. The van der Waals surface area contributed by atoms with Gasteiger partial charge >= 0.3 is 6.61 Å². The van der Waals surface area contributed by atoms with Crippen LogP contribution in [-0.4, -0.2) is 16.4 Å².